The Kier molecular flexibility index (Phi) is 7.45. The molecule has 2 aromatic heterocycles. The third-order valence-corrected chi connectivity index (χ3v) is 4.86. The second-order valence-electron chi connectivity index (χ2n) is 6.40. The van der Waals surface area contributed by atoms with Crippen molar-refractivity contribution in [3.8, 4) is 17.2 Å². The quantitative estimate of drug-likeness (QED) is 0.356. The summed E-state index contributed by atoms with van der Waals surface area (Å²) < 4.78 is 11.3. The summed E-state index contributed by atoms with van der Waals surface area (Å²) in [6, 6.07) is 11.6. The molecule has 4 N–H and O–H groups in total. The minimum absolute atomic E-state index is 0.107. The van der Waals surface area contributed by atoms with E-state index in [-0.39, 0.29) is 5.91 Å². The van der Waals surface area contributed by atoms with Gasteiger partial charge < -0.3 is 25.5 Å². The van der Waals surface area contributed by atoms with Crippen LogP contribution in [0.3, 0.4) is 0 Å². The van der Waals surface area contributed by atoms with E-state index in [1.807, 2.05) is 48.7 Å². The second kappa shape index (κ2) is 10.4. The van der Waals surface area contributed by atoms with Crippen LogP contribution in [0.15, 0.2) is 51.2 Å². The van der Waals surface area contributed by atoms with Crippen LogP contribution in [0.2, 0.25) is 0 Å². The molecule has 30 heavy (non-hydrogen) atoms. The number of para-hydroxylation sites is 1. The molecule has 0 saturated carbocycles. The Balaban J connectivity index is 1.54. The standard InChI is InChI=1S/C21H25N5O3S/c1-3-28-18-7-5-4-6-15(18)10-11-23-20(22)26-21-25-17(13-30-21)19-9-8-16(29-19)12-24-14(2)27/h4-9,13H,3,10-12H2,1-2H3,(H,24,27)(H3,22,23,25,26). The van der Waals surface area contributed by atoms with Crippen molar-refractivity contribution in [2.24, 2.45) is 10.7 Å². The molecule has 0 aliphatic rings. The second-order valence-corrected chi connectivity index (χ2v) is 7.25. The largest absolute Gasteiger partial charge is 0.494 e. The number of carbonyl (C=O) groups excluding carboxylic acids is 1. The van der Waals surface area contributed by atoms with E-state index in [9.17, 15) is 4.79 Å². The van der Waals surface area contributed by atoms with Crippen molar-refractivity contribution in [1.29, 1.82) is 0 Å². The van der Waals surface area contributed by atoms with Gasteiger partial charge in [-0.15, -0.1) is 11.3 Å². The van der Waals surface area contributed by atoms with Gasteiger partial charge in [0.2, 0.25) is 5.91 Å². The minimum Gasteiger partial charge on any atom is -0.494 e. The highest BCUT2D eigenvalue weighted by Crippen LogP contribution is 2.26. The van der Waals surface area contributed by atoms with E-state index in [1.165, 1.54) is 18.3 Å². The lowest BCUT2D eigenvalue weighted by atomic mass is 10.1. The molecule has 1 aromatic carbocycles. The normalized spacial score (nSPS) is 11.3. The molecule has 0 spiro atoms. The number of carbonyl (C=O) groups is 1. The number of rotatable bonds is 9. The summed E-state index contributed by atoms with van der Waals surface area (Å²) >= 11 is 1.41. The molecule has 9 heteroatoms. The fourth-order valence-corrected chi connectivity index (χ4v) is 3.43. The van der Waals surface area contributed by atoms with Crippen LogP contribution >= 0.6 is 11.3 Å². The third-order valence-electron chi connectivity index (χ3n) is 4.10. The predicted molar refractivity (Wildman–Crippen MR) is 119 cm³/mol. The molecule has 0 aliphatic carbocycles. The van der Waals surface area contributed by atoms with Gasteiger partial charge in [-0.3, -0.25) is 9.79 Å². The molecule has 0 radical (unpaired) electrons. The van der Waals surface area contributed by atoms with E-state index in [4.69, 9.17) is 14.9 Å². The molecule has 8 nitrogen and oxygen atoms in total. The number of nitrogens with two attached hydrogens (primary N) is 1. The first-order valence-electron chi connectivity index (χ1n) is 9.62. The van der Waals surface area contributed by atoms with Gasteiger partial charge in [0.25, 0.3) is 0 Å². The molecular weight excluding hydrogens is 402 g/mol. The van der Waals surface area contributed by atoms with Crippen LogP contribution in [0.1, 0.15) is 25.2 Å². The van der Waals surface area contributed by atoms with Crippen molar-refractivity contribution >= 4 is 28.3 Å². The van der Waals surface area contributed by atoms with Gasteiger partial charge in [0.1, 0.15) is 17.2 Å². The number of thiazole rings is 1. The average Bonchev–Trinajstić information content (AvgIpc) is 3.37. The van der Waals surface area contributed by atoms with Crippen molar-refractivity contribution in [1.82, 2.24) is 10.3 Å². The maximum atomic E-state index is 11.0. The van der Waals surface area contributed by atoms with E-state index < -0.39 is 0 Å². The van der Waals surface area contributed by atoms with Crippen molar-refractivity contribution < 1.29 is 13.9 Å². The van der Waals surface area contributed by atoms with Crippen LogP contribution in [0.5, 0.6) is 5.75 Å². The summed E-state index contributed by atoms with van der Waals surface area (Å²) in [4.78, 5) is 19.9. The highest BCUT2D eigenvalue weighted by Gasteiger charge is 2.10. The number of furan rings is 1. The van der Waals surface area contributed by atoms with Crippen LogP contribution in [0.4, 0.5) is 5.13 Å². The SMILES string of the molecule is CCOc1ccccc1CCN=C(N)Nc1nc(-c2ccc(CNC(C)=O)o2)cs1. The first-order valence-corrected chi connectivity index (χ1v) is 10.5. The molecule has 0 atom stereocenters. The van der Waals surface area contributed by atoms with Gasteiger partial charge in [0, 0.05) is 18.8 Å². The lowest BCUT2D eigenvalue weighted by Crippen LogP contribution is -2.23. The Bertz CT molecular complexity index is 1010. The number of aliphatic imine (C=N–C) groups is 1. The molecule has 0 bridgehead atoms. The number of hydrogen-bond donors (Lipinski definition) is 3. The van der Waals surface area contributed by atoms with E-state index >= 15 is 0 Å². The lowest BCUT2D eigenvalue weighted by Gasteiger charge is -2.08. The Morgan fingerprint density at radius 3 is 2.93 bits per heavy atom. The number of nitrogens with one attached hydrogen (secondary N) is 2. The smallest absolute Gasteiger partial charge is 0.217 e. The Labute approximate surface area is 179 Å². The van der Waals surface area contributed by atoms with Crippen LogP contribution in [0, 0.1) is 0 Å². The molecular formula is C21H25N5O3S. The van der Waals surface area contributed by atoms with E-state index in [0.717, 1.165) is 17.7 Å². The van der Waals surface area contributed by atoms with E-state index in [0.29, 0.717) is 48.0 Å². The first kappa shape index (κ1) is 21.4. The zero-order chi connectivity index (χ0) is 21.3. The summed E-state index contributed by atoms with van der Waals surface area (Å²) in [5.41, 5.74) is 7.78. The topological polar surface area (TPSA) is 115 Å². The monoisotopic (exact) mass is 427 g/mol. The molecule has 1 amide bonds. The molecule has 3 aromatic rings. The van der Waals surface area contributed by atoms with Gasteiger partial charge in [0.15, 0.2) is 16.9 Å². The summed E-state index contributed by atoms with van der Waals surface area (Å²) in [6.45, 7) is 4.93. The summed E-state index contributed by atoms with van der Waals surface area (Å²) in [7, 11) is 0. The fourth-order valence-electron chi connectivity index (χ4n) is 2.72. The van der Waals surface area contributed by atoms with Crippen LogP contribution < -0.4 is 21.1 Å². The van der Waals surface area contributed by atoms with Crippen LogP contribution in [-0.2, 0) is 17.8 Å². The number of ether oxygens (including phenoxy) is 1. The summed E-state index contributed by atoms with van der Waals surface area (Å²) in [5.74, 6) is 2.36. The number of hydrogen-bond acceptors (Lipinski definition) is 6. The average molecular weight is 428 g/mol. The van der Waals surface area contributed by atoms with Gasteiger partial charge in [0.05, 0.1) is 13.2 Å². The van der Waals surface area contributed by atoms with Gasteiger partial charge in [-0.1, -0.05) is 18.2 Å². The summed E-state index contributed by atoms with van der Waals surface area (Å²) in [6.07, 6.45) is 0.727. The Morgan fingerprint density at radius 1 is 1.30 bits per heavy atom. The number of aromatic nitrogens is 1. The van der Waals surface area contributed by atoms with Crippen molar-refractivity contribution in [3.63, 3.8) is 0 Å². The Morgan fingerprint density at radius 2 is 2.13 bits per heavy atom. The van der Waals surface area contributed by atoms with Gasteiger partial charge in [-0.25, -0.2) is 4.98 Å². The number of guanidine groups is 1. The lowest BCUT2D eigenvalue weighted by molar-refractivity contribution is -0.119. The zero-order valence-corrected chi connectivity index (χ0v) is 17.8. The Hall–Kier alpha value is -3.33. The minimum atomic E-state index is -0.107. The maximum absolute atomic E-state index is 11.0. The molecule has 158 valence electrons. The highest BCUT2D eigenvalue weighted by atomic mass is 32.1. The molecule has 0 unspecified atom stereocenters. The van der Waals surface area contributed by atoms with Crippen LogP contribution in [0.25, 0.3) is 11.5 Å². The number of benzene rings is 1. The molecule has 0 fully saturated rings. The number of nitrogens with zero attached hydrogens (tertiary/aromatic N) is 2. The van der Waals surface area contributed by atoms with Crippen LogP contribution in [-0.4, -0.2) is 30.0 Å². The molecule has 2 heterocycles. The zero-order valence-electron chi connectivity index (χ0n) is 17.0. The number of amides is 1. The molecule has 0 saturated heterocycles. The molecule has 0 aliphatic heterocycles. The fraction of sp³-hybridized carbons (Fsp3) is 0.286. The molecule has 3 rings (SSSR count). The van der Waals surface area contributed by atoms with E-state index in [1.54, 1.807) is 0 Å². The van der Waals surface area contributed by atoms with Crippen molar-refractivity contribution in [2.75, 3.05) is 18.5 Å². The van der Waals surface area contributed by atoms with Gasteiger partial charge >= 0.3 is 0 Å². The highest BCUT2D eigenvalue weighted by molar-refractivity contribution is 7.14. The van der Waals surface area contributed by atoms with Gasteiger partial charge in [-0.05, 0) is 37.1 Å². The summed E-state index contributed by atoms with van der Waals surface area (Å²) in [5, 5.41) is 8.20. The van der Waals surface area contributed by atoms with Gasteiger partial charge in [-0.2, -0.15) is 0 Å². The third kappa shape index (κ3) is 6.08. The van der Waals surface area contributed by atoms with E-state index in [2.05, 4.69) is 20.6 Å². The maximum Gasteiger partial charge on any atom is 0.217 e. The van der Waals surface area contributed by atoms with Crippen molar-refractivity contribution in [2.45, 2.75) is 26.8 Å². The number of anilines is 1. The predicted octanol–water partition coefficient (Wildman–Crippen LogP) is 3.41. The first-order chi connectivity index (χ1) is 14.5. The van der Waals surface area contributed by atoms with Crippen molar-refractivity contribution in [3.05, 3.63) is 53.1 Å².